The molecule has 0 N–H and O–H groups in total. The minimum atomic E-state index is -3.03. The van der Waals surface area contributed by atoms with Gasteiger partial charge in [-0.1, -0.05) is 103 Å². The number of methoxy groups -OCH3 is 1. The Kier molecular flexibility index (Phi) is 17.0. The lowest BCUT2D eigenvalue weighted by atomic mass is 10.1. The zero-order valence-corrected chi connectivity index (χ0v) is 21.3. The standard InChI is InChI=1S/C26H47O4P/c1-4-6-8-9-10-11-12-13-14-15-16-17-22-29-31(27,23-7-5-2)30-24-25-18-20-26(28-3)21-19-25/h18-21H,4-17,22-24H2,1-3H3. The van der Waals surface area contributed by atoms with E-state index in [4.69, 9.17) is 13.8 Å². The average molecular weight is 455 g/mol. The molecule has 1 rings (SSSR count). The summed E-state index contributed by atoms with van der Waals surface area (Å²) in [4.78, 5) is 0. The van der Waals surface area contributed by atoms with Crippen LogP contribution in [0.25, 0.3) is 0 Å². The van der Waals surface area contributed by atoms with Crippen LogP contribution in [0.4, 0.5) is 0 Å². The van der Waals surface area contributed by atoms with Crippen molar-refractivity contribution in [3.63, 3.8) is 0 Å². The predicted octanol–water partition coefficient (Wildman–Crippen LogP) is 8.92. The molecule has 1 atom stereocenters. The van der Waals surface area contributed by atoms with Crippen molar-refractivity contribution in [2.75, 3.05) is 19.9 Å². The first-order valence-electron chi connectivity index (χ1n) is 12.6. The Morgan fingerprint density at radius 1 is 0.677 bits per heavy atom. The highest BCUT2D eigenvalue weighted by molar-refractivity contribution is 7.53. The van der Waals surface area contributed by atoms with Crippen LogP contribution in [-0.4, -0.2) is 19.9 Å². The van der Waals surface area contributed by atoms with Crippen molar-refractivity contribution in [2.24, 2.45) is 0 Å². The van der Waals surface area contributed by atoms with Crippen molar-refractivity contribution in [3.8, 4) is 5.75 Å². The predicted molar refractivity (Wildman–Crippen MR) is 132 cm³/mol. The molecule has 1 aromatic rings. The molecule has 0 aliphatic heterocycles. The van der Waals surface area contributed by atoms with Crippen LogP contribution in [0.3, 0.4) is 0 Å². The van der Waals surface area contributed by atoms with Crippen LogP contribution in [-0.2, 0) is 20.2 Å². The smallest absolute Gasteiger partial charge is 0.330 e. The van der Waals surface area contributed by atoms with Gasteiger partial charge in [0.05, 0.1) is 26.5 Å². The molecule has 0 radical (unpaired) electrons. The molecule has 0 fully saturated rings. The van der Waals surface area contributed by atoms with E-state index in [1.54, 1.807) is 7.11 Å². The molecule has 0 spiro atoms. The van der Waals surface area contributed by atoms with Gasteiger partial charge in [-0.15, -0.1) is 0 Å². The van der Waals surface area contributed by atoms with E-state index in [0.717, 1.165) is 37.0 Å². The fraction of sp³-hybridized carbons (Fsp3) is 0.769. The molecule has 1 unspecified atom stereocenters. The Morgan fingerprint density at radius 3 is 1.71 bits per heavy atom. The molecule has 0 saturated carbocycles. The Hall–Kier alpha value is -0.830. The molecule has 0 amide bonds. The third-order valence-electron chi connectivity index (χ3n) is 5.66. The van der Waals surface area contributed by atoms with Gasteiger partial charge in [0.2, 0.25) is 0 Å². The highest BCUT2D eigenvalue weighted by atomic mass is 31.2. The van der Waals surface area contributed by atoms with Gasteiger partial charge in [-0.3, -0.25) is 4.57 Å². The fourth-order valence-corrected chi connectivity index (χ4v) is 5.35. The lowest BCUT2D eigenvalue weighted by Gasteiger charge is -2.18. The Balaban J connectivity index is 2.15. The summed E-state index contributed by atoms with van der Waals surface area (Å²) in [7, 11) is -1.39. The Morgan fingerprint density at radius 2 is 1.19 bits per heavy atom. The van der Waals surface area contributed by atoms with Gasteiger partial charge in [0.1, 0.15) is 5.75 Å². The van der Waals surface area contributed by atoms with E-state index in [-0.39, 0.29) is 0 Å². The second-order valence-electron chi connectivity index (χ2n) is 8.53. The van der Waals surface area contributed by atoms with Gasteiger partial charge in [-0.25, -0.2) is 0 Å². The zero-order chi connectivity index (χ0) is 22.6. The molecule has 5 heteroatoms. The van der Waals surface area contributed by atoms with Crippen LogP contribution < -0.4 is 4.74 Å². The van der Waals surface area contributed by atoms with E-state index in [2.05, 4.69) is 13.8 Å². The molecule has 180 valence electrons. The maximum atomic E-state index is 13.1. The normalized spacial score (nSPS) is 13.3. The molecule has 0 heterocycles. The molecule has 0 bridgehead atoms. The number of hydrogen-bond donors (Lipinski definition) is 0. The monoisotopic (exact) mass is 454 g/mol. The lowest BCUT2D eigenvalue weighted by molar-refractivity contribution is 0.194. The first-order valence-corrected chi connectivity index (χ1v) is 14.4. The second kappa shape index (κ2) is 18.7. The molecule has 0 aromatic heterocycles. The van der Waals surface area contributed by atoms with E-state index < -0.39 is 7.60 Å². The lowest BCUT2D eigenvalue weighted by Crippen LogP contribution is -2.02. The van der Waals surface area contributed by atoms with Gasteiger partial charge in [-0.2, -0.15) is 0 Å². The molecule has 4 nitrogen and oxygen atoms in total. The van der Waals surface area contributed by atoms with Crippen molar-refractivity contribution in [3.05, 3.63) is 29.8 Å². The molecule has 0 aliphatic rings. The van der Waals surface area contributed by atoms with Crippen molar-refractivity contribution < 1.29 is 18.3 Å². The molecule has 1 aromatic carbocycles. The SMILES string of the molecule is CCCCCCCCCCCCCCOP(=O)(CCCC)OCc1ccc(OC)cc1. The molecular weight excluding hydrogens is 407 g/mol. The van der Waals surface area contributed by atoms with Crippen molar-refractivity contribution in [2.45, 2.75) is 110 Å². The number of rotatable bonds is 21. The number of ether oxygens (including phenoxy) is 1. The van der Waals surface area contributed by atoms with Crippen molar-refractivity contribution in [1.29, 1.82) is 0 Å². The average Bonchev–Trinajstić information content (AvgIpc) is 2.80. The maximum absolute atomic E-state index is 13.1. The zero-order valence-electron chi connectivity index (χ0n) is 20.4. The van der Waals surface area contributed by atoms with Gasteiger partial charge in [0.15, 0.2) is 0 Å². The maximum Gasteiger partial charge on any atom is 0.330 e. The van der Waals surface area contributed by atoms with Crippen LogP contribution in [0.2, 0.25) is 0 Å². The summed E-state index contributed by atoms with van der Waals surface area (Å²) >= 11 is 0. The molecule has 0 saturated heterocycles. The first-order chi connectivity index (χ1) is 15.1. The summed E-state index contributed by atoms with van der Waals surface area (Å²) < 4.78 is 29.9. The molecule has 0 aliphatic carbocycles. The second-order valence-corrected chi connectivity index (χ2v) is 10.7. The van der Waals surface area contributed by atoms with E-state index >= 15 is 0 Å². The van der Waals surface area contributed by atoms with E-state index in [9.17, 15) is 4.57 Å². The fourth-order valence-electron chi connectivity index (χ4n) is 3.56. The van der Waals surface area contributed by atoms with Gasteiger partial charge in [-0.05, 0) is 30.5 Å². The highest BCUT2D eigenvalue weighted by Gasteiger charge is 2.23. The summed E-state index contributed by atoms with van der Waals surface area (Å²) in [5, 5.41) is 0. The van der Waals surface area contributed by atoms with E-state index in [1.165, 1.54) is 64.2 Å². The van der Waals surface area contributed by atoms with Crippen LogP contribution >= 0.6 is 7.60 Å². The van der Waals surface area contributed by atoms with Crippen molar-refractivity contribution in [1.82, 2.24) is 0 Å². The van der Waals surface area contributed by atoms with Crippen molar-refractivity contribution >= 4 is 7.60 Å². The van der Waals surface area contributed by atoms with Crippen LogP contribution in [0.15, 0.2) is 24.3 Å². The van der Waals surface area contributed by atoms with Gasteiger partial charge < -0.3 is 13.8 Å². The summed E-state index contributed by atoms with van der Waals surface area (Å²) in [6, 6.07) is 7.66. The quantitative estimate of drug-likeness (QED) is 0.137. The summed E-state index contributed by atoms with van der Waals surface area (Å²) in [6.07, 6.45) is 18.0. The van der Waals surface area contributed by atoms with Gasteiger partial charge in [0, 0.05) is 0 Å². The number of benzene rings is 1. The minimum Gasteiger partial charge on any atom is -0.497 e. The number of hydrogen-bond acceptors (Lipinski definition) is 4. The molecule has 31 heavy (non-hydrogen) atoms. The topological polar surface area (TPSA) is 44.8 Å². The third kappa shape index (κ3) is 14.8. The van der Waals surface area contributed by atoms with Crippen LogP contribution in [0.1, 0.15) is 109 Å². The van der Waals surface area contributed by atoms with Crippen LogP contribution in [0.5, 0.6) is 5.75 Å². The summed E-state index contributed by atoms with van der Waals surface area (Å²) in [6.45, 7) is 5.20. The Bertz CT molecular complexity index is 573. The minimum absolute atomic E-state index is 0.309. The number of unbranched alkanes of at least 4 members (excludes halogenated alkanes) is 12. The van der Waals surface area contributed by atoms with Gasteiger partial charge in [0.25, 0.3) is 0 Å². The van der Waals surface area contributed by atoms with Gasteiger partial charge >= 0.3 is 7.60 Å². The summed E-state index contributed by atoms with van der Waals surface area (Å²) in [5.41, 5.74) is 0.978. The third-order valence-corrected chi connectivity index (χ3v) is 7.62. The Labute approximate surface area is 192 Å². The first kappa shape index (κ1) is 28.2. The summed E-state index contributed by atoms with van der Waals surface area (Å²) in [5.74, 6) is 0.807. The highest BCUT2D eigenvalue weighted by Crippen LogP contribution is 2.50. The molecular formula is C26H47O4P. The largest absolute Gasteiger partial charge is 0.497 e. The van der Waals surface area contributed by atoms with E-state index in [0.29, 0.717) is 19.4 Å². The van der Waals surface area contributed by atoms with Crippen LogP contribution in [0, 0.1) is 0 Å². The van der Waals surface area contributed by atoms with E-state index in [1.807, 2.05) is 24.3 Å².